The van der Waals surface area contributed by atoms with Gasteiger partial charge in [-0.05, 0) is 20.4 Å². The monoisotopic (exact) mass is 111 g/mol. The topological polar surface area (TPSA) is 3.24 Å². The maximum absolute atomic E-state index is 3.91. The van der Waals surface area contributed by atoms with Crippen LogP contribution < -0.4 is 0 Å². The van der Waals surface area contributed by atoms with Gasteiger partial charge in [-0.3, -0.25) is 4.90 Å². The van der Waals surface area contributed by atoms with E-state index in [0.29, 0.717) is 0 Å². The van der Waals surface area contributed by atoms with E-state index in [0.717, 1.165) is 12.6 Å². The van der Waals surface area contributed by atoms with Gasteiger partial charge in [-0.25, -0.2) is 0 Å². The van der Waals surface area contributed by atoms with Crippen molar-refractivity contribution in [2.75, 3.05) is 13.6 Å². The van der Waals surface area contributed by atoms with E-state index >= 15 is 0 Å². The third kappa shape index (κ3) is 0.920. The molecule has 0 aliphatic carbocycles. The molecule has 0 bridgehead atoms. The second kappa shape index (κ2) is 1.90. The molecule has 1 fully saturated rings. The molecule has 46 valence electrons. The van der Waals surface area contributed by atoms with Crippen LogP contribution in [0.2, 0.25) is 0 Å². The maximum Gasteiger partial charge on any atom is 0.0190 e. The lowest BCUT2D eigenvalue weighted by Gasteiger charge is -2.11. The third-order valence-corrected chi connectivity index (χ3v) is 1.81. The highest BCUT2D eigenvalue weighted by Gasteiger charge is 2.17. The van der Waals surface area contributed by atoms with Crippen molar-refractivity contribution in [3.63, 3.8) is 0 Å². The summed E-state index contributed by atoms with van der Waals surface area (Å²) >= 11 is 0. The number of likely N-dealkylation sites (tertiary alicyclic amines) is 1. The van der Waals surface area contributed by atoms with Crippen LogP contribution >= 0.6 is 0 Å². The van der Waals surface area contributed by atoms with Crippen LogP contribution in [0.4, 0.5) is 0 Å². The molecule has 1 heterocycles. The standard InChI is InChI=1S/C7H13N/c1-6-4-7(2)8(3)5-6/h7H,1,4-5H2,2-3H3. The van der Waals surface area contributed by atoms with Crippen molar-refractivity contribution < 1.29 is 0 Å². The van der Waals surface area contributed by atoms with E-state index in [9.17, 15) is 0 Å². The normalized spacial score (nSPS) is 31.8. The Bertz CT molecular complexity index is 95.0. The summed E-state index contributed by atoms with van der Waals surface area (Å²) in [6.07, 6.45) is 1.19. The third-order valence-electron chi connectivity index (χ3n) is 1.81. The molecule has 1 heteroatoms. The van der Waals surface area contributed by atoms with Crippen molar-refractivity contribution in [1.82, 2.24) is 4.90 Å². The molecule has 0 aromatic carbocycles. The number of rotatable bonds is 0. The molecule has 1 atom stereocenters. The van der Waals surface area contributed by atoms with E-state index in [-0.39, 0.29) is 0 Å². The van der Waals surface area contributed by atoms with E-state index in [4.69, 9.17) is 0 Å². The Morgan fingerprint density at radius 2 is 2.38 bits per heavy atom. The molecule has 1 aliphatic rings. The Hall–Kier alpha value is -0.300. The molecule has 1 rings (SSSR count). The van der Waals surface area contributed by atoms with Gasteiger partial charge in [0.15, 0.2) is 0 Å². The largest absolute Gasteiger partial charge is 0.299 e. The average Bonchev–Trinajstić information content (AvgIpc) is 1.85. The number of hydrogen-bond donors (Lipinski definition) is 0. The minimum absolute atomic E-state index is 0.725. The zero-order valence-corrected chi connectivity index (χ0v) is 5.65. The van der Waals surface area contributed by atoms with Crippen molar-refractivity contribution in [3.8, 4) is 0 Å². The lowest BCUT2D eigenvalue weighted by atomic mass is 10.2. The zero-order valence-electron chi connectivity index (χ0n) is 5.65. The predicted octanol–water partition coefficient (Wildman–Crippen LogP) is 1.27. The number of nitrogens with zero attached hydrogens (tertiary/aromatic N) is 1. The molecule has 1 nitrogen and oxygen atoms in total. The summed E-state index contributed by atoms with van der Waals surface area (Å²) in [5.41, 5.74) is 1.38. The summed E-state index contributed by atoms with van der Waals surface area (Å²) in [7, 11) is 2.14. The van der Waals surface area contributed by atoms with Gasteiger partial charge in [0.05, 0.1) is 0 Å². The molecule has 0 aromatic heterocycles. The summed E-state index contributed by atoms with van der Waals surface area (Å²) in [6.45, 7) is 7.25. The van der Waals surface area contributed by atoms with Gasteiger partial charge in [-0.15, -0.1) is 0 Å². The first-order valence-corrected chi connectivity index (χ1v) is 3.07. The Labute approximate surface area is 51.0 Å². The van der Waals surface area contributed by atoms with Crippen LogP contribution in [-0.2, 0) is 0 Å². The fraction of sp³-hybridized carbons (Fsp3) is 0.714. The average molecular weight is 111 g/mol. The van der Waals surface area contributed by atoms with Crippen LogP contribution in [-0.4, -0.2) is 24.5 Å². The highest BCUT2D eigenvalue weighted by atomic mass is 15.1. The number of likely N-dealkylation sites (N-methyl/N-ethyl adjacent to an activating group) is 1. The molecule has 1 saturated heterocycles. The summed E-state index contributed by atoms with van der Waals surface area (Å²) < 4.78 is 0. The second-order valence-electron chi connectivity index (χ2n) is 2.72. The van der Waals surface area contributed by atoms with Gasteiger partial charge in [-0.2, -0.15) is 0 Å². The predicted molar refractivity (Wildman–Crippen MR) is 35.8 cm³/mol. The van der Waals surface area contributed by atoms with Crippen molar-refractivity contribution in [3.05, 3.63) is 12.2 Å². The van der Waals surface area contributed by atoms with Crippen molar-refractivity contribution >= 4 is 0 Å². The first-order chi connectivity index (χ1) is 3.70. The summed E-state index contributed by atoms with van der Waals surface area (Å²) in [5.74, 6) is 0. The lowest BCUT2D eigenvalue weighted by Crippen LogP contribution is -2.20. The van der Waals surface area contributed by atoms with E-state index in [1.165, 1.54) is 12.0 Å². The van der Waals surface area contributed by atoms with Gasteiger partial charge in [0.1, 0.15) is 0 Å². The van der Waals surface area contributed by atoms with Crippen molar-refractivity contribution in [2.24, 2.45) is 0 Å². The van der Waals surface area contributed by atoms with Crippen LogP contribution in [0.1, 0.15) is 13.3 Å². The van der Waals surface area contributed by atoms with Gasteiger partial charge in [0, 0.05) is 12.6 Å². The lowest BCUT2D eigenvalue weighted by molar-refractivity contribution is 0.332. The van der Waals surface area contributed by atoms with Crippen LogP contribution in [0.25, 0.3) is 0 Å². The molecule has 0 saturated carbocycles. The van der Waals surface area contributed by atoms with Gasteiger partial charge >= 0.3 is 0 Å². The van der Waals surface area contributed by atoms with Gasteiger partial charge in [0.25, 0.3) is 0 Å². The maximum atomic E-state index is 3.91. The molecule has 1 aliphatic heterocycles. The summed E-state index contributed by atoms with van der Waals surface area (Å²) in [6, 6.07) is 0.725. The Balaban J connectivity index is 2.51. The molecule has 0 N–H and O–H groups in total. The van der Waals surface area contributed by atoms with E-state index in [2.05, 4.69) is 25.5 Å². The number of hydrogen-bond acceptors (Lipinski definition) is 1. The minimum Gasteiger partial charge on any atom is -0.299 e. The van der Waals surface area contributed by atoms with Crippen LogP contribution in [0.5, 0.6) is 0 Å². The van der Waals surface area contributed by atoms with Gasteiger partial charge in [0.2, 0.25) is 0 Å². The molecule has 0 amide bonds. The quantitative estimate of drug-likeness (QED) is 0.425. The molecule has 0 aromatic rings. The molecule has 0 radical (unpaired) electrons. The highest BCUT2D eigenvalue weighted by Crippen LogP contribution is 2.17. The van der Waals surface area contributed by atoms with E-state index in [1.807, 2.05) is 0 Å². The molecular weight excluding hydrogens is 98.1 g/mol. The van der Waals surface area contributed by atoms with Gasteiger partial charge < -0.3 is 0 Å². The van der Waals surface area contributed by atoms with Crippen molar-refractivity contribution in [2.45, 2.75) is 19.4 Å². The Morgan fingerprint density at radius 3 is 2.50 bits per heavy atom. The summed E-state index contributed by atoms with van der Waals surface area (Å²) in [5, 5.41) is 0. The van der Waals surface area contributed by atoms with Crippen LogP contribution in [0.3, 0.4) is 0 Å². The van der Waals surface area contributed by atoms with Gasteiger partial charge in [-0.1, -0.05) is 12.2 Å². The Morgan fingerprint density at radius 1 is 1.75 bits per heavy atom. The van der Waals surface area contributed by atoms with Crippen LogP contribution in [0, 0.1) is 0 Å². The fourth-order valence-corrected chi connectivity index (χ4v) is 1.15. The molecule has 0 spiro atoms. The molecular formula is C7H13N. The first kappa shape index (κ1) is 5.83. The second-order valence-corrected chi connectivity index (χ2v) is 2.72. The molecule has 8 heavy (non-hydrogen) atoms. The summed E-state index contributed by atoms with van der Waals surface area (Å²) in [4.78, 5) is 2.32. The smallest absolute Gasteiger partial charge is 0.0190 e. The molecule has 1 unspecified atom stereocenters. The zero-order chi connectivity index (χ0) is 6.15. The van der Waals surface area contributed by atoms with Crippen molar-refractivity contribution in [1.29, 1.82) is 0 Å². The van der Waals surface area contributed by atoms with E-state index < -0.39 is 0 Å². The fourth-order valence-electron chi connectivity index (χ4n) is 1.15. The minimum atomic E-state index is 0.725. The Kier molecular flexibility index (Phi) is 1.39. The highest BCUT2D eigenvalue weighted by molar-refractivity contribution is 5.05. The van der Waals surface area contributed by atoms with E-state index in [1.54, 1.807) is 0 Å². The van der Waals surface area contributed by atoms with Crippen LogP contribution in [0.15, 0.2) is 12.2 Å². The SMILES string of the molecule is C=C1CC(C)N(C)C1. The first-order valence-electron chi connectivity index (χ1n) is 3.07.